The van der Waals surface area contributed by atoms with Gasteiger partial charge in [0.15, 0.2) is 0 Å². The smallest absolute Gasteiger partial charge is 0.243 e. The van der Waals surface area contributed by atoms with E-state index in [2.05, 4.69) is 0 Å². The Kier molecular flexibility index (Phi) is 2.99. The van der Waals surface area contributed by atoms with Gasteiger partial charge in [0.25, 0.3) is 0 Å². The lowest BCUT2D eigenvalue weighted by Gasteiger charge is -2.39. The van der Waals surface area contributed by atoms with Gasteiger partial charge in [0.2, 0.25) is 11.8 Å². The van der Waals surface area contributed by atoms with E-state index < -0.39 is 0 Å². The molecule has 5 nitrogen and oxygen atoms in total. The summed E-state index contributed by atoms with van der Waals surface area (Å²) in [5.41, 5.74) is 0.673. The summed E-state index contributed by atoms with van der Waals surface area (Å²) >= 11 is 0. The zero-order chi connectivity index (χ0) is 12.4. The monoisotopic (exact) mass is 234 g/mol. The molecule has 0 aliphatic carbocycles. The minimum Gasteiger partial charge on any atom is -0.497 e. The van der Waals surface area contributed by atoms with Gasteiger partial charge in [-0.25, -0.2) is 10.0 Å². The van der Waals surface area contributed by atoms with Crippen molar-refractivity contribution in [1.82, 2.24) is 5.01 Å². The fourth-order valence-corrected chi connectivity index (χ4v) is 1.73. The van der Waals surface area contributed by atoms with Crippen molar-refractivity contribution < 1.29 is 14.3 Å². The predicted molar refractivity (Wildman–Crippen MR) is 62.5 cm³/mol. The zero-order valence-electron chi connectivity index (χ0n) is 9.84. The van der Waals surface area contributed by atoms with Crippen molar-refractivity contribution in [3.05, 3.63) is 24.3 Å². The van der Waals surface area contributed by atoms with Gasteiger partial charge >= 0.3 is 0 Å². The molecule has 0 spiro atoms. The minimum absolute atomic E-state index is 0.0315. The highest BCUT2D eigenvalue weighted by Crippen LogP contribution is 2.24. The highest BCUT2D eigenvalue weighted by Gasteiger charge is 2.32. The number of hydrazine groups is 1. The molecule has 0 aromatic heterocycles. The number of benzene rings is 1. The number of anilines is 1. The first-order chi connectivity index (χ1) is 8.13. The molecule has 0 N–H and O–H groups in total. The number of ether oxygens (including phenoxy) is 1. The first-order valence-corrected chi connectivity index (χ1v) is 5.38. The van der Waals surface area contributed by atoms with E-state index in [0.29, 0.717) is 24.4 Å². The van der Waals surface area contributed by atoms with Crippen molar-refractivity contribution in [3.63, 3.8) is 0 Å². The number of amides is 2. The molecule has 0 unspecified atom stereocenters. The molecule has 90 valence electrons. The second kappa shape index (κ2) is 4.45. The van der Waals surface area contributed by atoms with Gasteiger partial charge in [-0.15, -0.1) is 0 Å². The van der Waals surface area contributed by atoms with Gasteiger partial charge in [-0.05, 0) is 24.3 Å². The third kappa shape index (κ3) is 2.08. The van der Waals surface area contributed by atoms with Gasteiger partial charge in [-0.1, -0.05) is 0 Å². The van der Waals surface area contributed by atoms with Gasteiger partial charge in [0, 0.05) is 13.3 Å². The summed E-state index contributed by atoms with van der Waals surface area (Å²) in [6, 6.07) is 7.03. The molecule has 1 aliphatic rings. The third-order valence-corrected chi connectivity index (χ3v) is 2.68. The molecule has 2 rings (SSSR count). The topological polar surface area (TPSA) is 49.9 Å². The summed E-state index contributed by atoms with van der Waals surface area (Å²) < 4.78 is 5.05. The van der Waals surface area contributed by atoms with Crippen LogP contribution >= 0.6 is 0 Å². The maximum absolute atomic E-state index is 11.6. The van der Waals surface area contributed by atoms with E-state index in [4.69, 9.17) is 4.74 Å². The van der Waals surface area contributed by atoms with Crippen LogP contribution in [0.5, 0.6) is 5.75 Å². The third-order valence-electron chi connectivity index (χ3n) is 2.68. The van der Waals surface area contributed by atoms with Crippen LogP contribution in [-0.2, 0) is 9.59 Å². The maximum Gasteiger partial charge on any atom is 0.243 e. The molecule has 1 aliphatic heterocycles. The van der Waals surface area contributed by atoms with E-state index >= 15 is 0 Å². The second-order valence-electron chi connectivity index (χ2n) is 3.80. The minimum atomic E-state index is -0.178. The average Bonchev–Trinajstić information content (AvgIpc) is 2.33. The second-order valence-corrected chi connectivity index (χ2v) is 3.80. The molecule has 17 heavy (non-hydrogen) atoms. The van der Waals surface area contributed by atoms with Crippen molar-refractivity contribution in [2.45, 2.75) is 13.3 Å². The summed E-state index contributed by atoms with van der Waals surface area (Å²) in [5, 5.41) is 2.84. The van der Waals surface area contributed by atoms with Crippen LogP contribution in [0.25, 0.3) is 0 Å². The van der Waals surface area contributed by atoms with Crippen LogP contribution in [0.1, 0.15) is 13.3 Å². The normalized spacial score (nSPS) is 14.2. The molecule has 1 aromatic carbocycles. The van der Waals surface area contributed by atoms with Crippen molar-refractivity contribution in [1.29, 1.82) is 0 Å². The van der Waals surface area contributed by atoms with Crippen LogP contribution in [0.15, 0.2) is 24.3 Å². The van der Waals surface area contributed by atoms with Crippen molar-refractivity contribution in [2.75, 3.05) is 18.7 Å². The molecule has 2 amide bonds. The van der Waals surface area contributed by atoms with E-state index in [1.807, 2.05) is 0 Å². The summed E-state index contributed by atoms with van der Waals surface area (Å²) in [4.78, 5) is 23.0. The van der Waals surface area contributed by atoms with E-state index in [9.17, 15) is 9.59 Å². The van der Waals surface area contributed by atoms with Gasteiger partial charge in [-0.3, -0.25) is 9.59 Å². The Bertz CT molecular complexity index is 442. The first-order valence-electron chi connectivity index (χ1n) is 5.38. The van der Waals surface area contributed by atoms with Crippen LogP contribution in [0.3, 0.4) is 0 Å². The molecule has 5 heteroatoms. The number of β-lactam (4-membered cyclic amide) rings is 1. The molecule has 0 bridgehead atoms. The molecule has 0 radical (unpaired) electrons. The Morgan fingerprint density at radius 3 is 2.35 bits per heavy atom. The summed E-state index contributed by atoms with van der Waals surface area (Å²) in [7, 11) is 1.58. The molecule has 1 fully saturated rings. The summed E-state index contributed by atoms with van der Waals surface area (Å²) in [6.45, 7) is 2.03. The quantitative estimate of drug-likeness (QED) is 0.738. The van der Waals surface area contributed by atoms with E-state index in [1.54, 1.807) is 31.4 Å². The van der Waals surface area contributed by atoms with E-state index in [-0.39, 0.29) is 11.8 Å². The number of nitrogens with zero attached hydrogens (tertiary/aromatic N) is 2. The largest absolute Gasteiger partial charge is 0.497 e. The average molecular weight is 234 g/mol. The summed E-state index contributed by atoms with van der Waals surface area (Å²) in [5.74, 6) is 0.506. The molecular formula is C12H14N2O3. The SMILES string of the molecule is COc1ccc(N(C(C)=O)N2CCC2=O)cc1. The standard InChI is InChI=1S/C12H14N2O3/c1-9(15)14(13-8-7-12(13)16)10-3-5-11(17-2)6-4-10/h3-6H,7-8H2,1-2H3. The van der Waals surface area contributed by atoms with E-state index in [1.165, 1.54) is 16.9 Å². The lowest BCUT2D eigenvalue weighted by molar-refractivity contribution is -0.144. The molecule has 1 saturated heterocycles. The van der Waals surface area contributed by atoms with E-state index in [0.717, 1.165) is 0 Å². The van der Waals surface area contributed by atoms with Crippen LogP contribution in [0, 0.1) is 0 Å². The molecular weight excluding hydrogens is 220 g/mol. The van der Waals surface area contributed by atoms with Gasteiger partial charge in [0.1, 0.15) is 5.75 Å². The number of carbonyl (C=O) groups is 2. The van der Waals surface area contributed by atoms with Crippen LogP contribution in [0.2, 0.25) is 0 Å². The highest BCUT2D eigenvalue weighted by atomic mass is 16.5. The van der Waals surface area contributed by atoms with Gasteiger partial charge in [-0.2, -0.15) is 0 Å². The Morgan fingerprint density at radius 2 is 2.00 bits per heavy atom. The van der Waals surface area contributed by atoms with Crippen LogP contribution in [-0.4, -0.2) is 30.5 Å². The fourth-order valence-electron chi connectivity index (χ4n) is 1.73. The molecule has 1 aromatic rings. The van der Waals surface area contributed by atoms with Crippen molar-refractivity contribution in [3.8, 4) is 5.75 Å². The van der Waals surface area contributed by atoms with Crippen LogP contribution in [0.4, 0.5) is 5.69 Å². The number of carbonyl (C=O) groups excluding carboxylic acids is 2. The molecule has 1 heterocycles. The zero-order valence-corrected chi connectivity index (χ0v) is 9.84. The van der Waals surface area contributed by atoms with Crippen molar-refractivity contribution in [2.24, 2.45) is 0 Å². The maximum atomic E-state index is 11.6. The summed E-state index contributed by atoms with van der Waals surface area (Å²) in [6.07, 6.45) is 0.500. The lowest BCUT2D eigenvalue weighted by Crippen LogP contribution is -2.56. The predicted octanol–water partition coefficient (Wildman–Crippen LogP) is 1.20. The number of rotatable bonds is 3. The lowest BCUT2D eigenvalue weighted by atomic mass is 10.2. The number of hydrogen-bond donors (Lipinski definition) is 0. The van der Waals surface area contributed by atoms with Gasteiger partial charge in [0.05, 0.1) is 19.3 Å². The Hall–Kier alpha value is -2.04. The Balaban J connectivity index is 2.26. The van der Waals surface area contributed by atoms with Crippen LogP contribution < -0.4 is 9.75 Å². The number of methoxy groups -OCH3 is 1. The van der Waals surface area contributed by atoms with Crippen molar-refractivity contribution >= 4 is 17.5 Å². The fraction of sp³-hybridized carbons (Fsp3) is 0.333. The first kappa shape index (κ1) is 11.4. The molecule has 0 atom stereocenters. The number of hydrogen-bond acceptors (Lipinski definition) is 3. The van der Waals surface area contributed by atoms with Gasteiger partial charge < -0.3 is 4.74 Å². The Morgan fingerprint density at radius 1 is 1.35 bits per heavy atom. The highest BCUT2D eigenvalue weighted by molar-refractivity contribution is 5.96. The molecule has 0 saturated carbocycles. The Labute approximate surface area is 99.5 Å².